The SMILES string of the molecule is COc1cc(/C=C2/C=C(c3ccc4cc(C)ccc4c3)OC2=O)ccc1C. The zero-order valence-corrected chi connectivity index (χ0v) is 15.6. The molecule has 1 heterocycles. The average molecular weight is 356 g/mol. The van der Waals surface area contributed by atoms with Gasteiger partial charge in [0.2, 0.25) is 0 Å². The zero-order valence-electron chi connectivity index (χ0n) is 15.6. The summed E-state index contributed by atoms with van der Waals surface area (Å²) in [6, 6.07) is 18.2. The van der Waals surface area contributed by atoms with Gasteiger partial charge in [-0.2, -0.15) is 0 Å². The van der Waals surface area contributed by atoms with Gasteiger partial charge in [0.25, 0.3) is 0 Å². The summed E-state index contributed by atoms with van der Waals surface area (Å²) in [7, 11) is 1.64. The van der Waals surface area contributed by atoms with Crippen LogP contribution in [-0.2, 0) is 9.53 Å². The first-order valence-electron chi connectivity index (χ1n) is 8.84. The van der Waals surface area contributed by atoms with Crippen molar-refractivity contribution >= 4 is 28.6 Å². The number of benzene rings is 3. The number of hydrogen-bond acceptors (Lipinski definition) is 3. The van der Waals surface area contributed by atoms with E-state index in [0.29, 0.717) is 11.3 Å². The minimum Gasteiger partial charge on any atom is -0.496 e. The molecular weight excluding hydrogens is 336 g/mol. The molecular formula is C24H20O3. The molecule has 0 amide bonds. The van der Waals surface area contributed by atoms with Gasteiger partial charge in [0.1, 0.15) is 11.5 Å². The third-order valence-corrected chi connectivity index (χ3v) is 4.76. The Balaban J connectivity index is 1.69. The summed E-state index contributed by atoms with van der Waals surface area (Å²) in [5, 5.41) is 2.29. The van der Waals surface area contributed by atoms with Crippen molar-refractivity contribution in [3.8, 4) is 5.75 Å². The van der Waals surface area contributed by atoms with Gasteiger partial charge < -0.3 is 9.47 Å². The Morgan fingerprint density at radius 1 is 0.926 bits per heavy atom. The molecule has 0 atom stereocenters. The third kappa shape index (κ3) is 3.36. The Morgan fingerprint density at radius 3 is 2.52 bits per heavy atom. The fourth-order valence-corrected chi connectivity index (χ4v) is 3.26. The van der Waals surface area contributed by atoms with E-state index in [-0.39, 0.29) is 5.97 Å². The standard InChI is InChI=1S/C24H20O3/c1-15-4-7-19-13-20(9-8-18(19)10-15)23-14-21(24(25)27-23)11-17-6-5-16(2)22(12-17)26-3/h4-14H,1-3H3/b21-11-. The topological polar surface area (TPSA) is 35.5 Å². The summed E-state index contributed by atoms with van der Waals surface area (Å²) >= 11 is 0. The number of carbonyl (C=O) groups is 1. The van der Waals surface area contributed by atoms with E-state index in [9.17, 15) is 4.79 Å². The van der Waals surface area contributed by atoms with Crippen LogP contribution in [0.15, 0.2) is 66.2 Å². The zero-order chi connectivity index (χ0) is 19.0. The highest BCUT2D eigenvalue weighted by atomic mass is 16.5. The number of fused-ring (bicyclic) bond motifs is 1. The van der Waals surface area contributed by atoms with E-state index in [1.165, 1.54) is 10.9 Å². The third-order valence-electron chi connectivity index (χ3n) is 4.76. The van der Waals surface area contributed by atoms with Gasteiger partial charge in [0.05, 0.1) is 12.7 Å². The van der Waals surface area contributed by atoms with Crippen molar-refractivity contribution in [2.75, 3.05) is 7.11 Å². The quantitative estimate of drug-likeness (QED) is 0.463. The molecule has 3 heteroatoms. The molecule has 3 nitrogen and oxygen atoms in total. The van der Waals surface area contributed by atoms with Crippen LogP contribution in [0.3, 0.4) is 0 Å². The van der Waals surface area contributed by atoms with E-state index in [0.717, 1.165) is 27.8 Å². The van der Waals surface area contributed by atoms with Gasteiger partial charge in [-0.15, -0.1) is 0 Å². The predicted molar refractivity (Wildman–Crippen MR) is 108 cm³/mol. The van der Waals surface area contributed by atoms with Crippen molar-refractivity contribution in [3.63, 3.8) is 0 Å². The van der Waals surface area contributed by atoms with Crippen LogP contribution in [-0.4, -0.2) is 13.1 Å². The van der Waals surface area contributed by atoms with Gasteiger partial charge in [0.15, 0.2) is 0 Å². The first-order chi connectivity index (χ1) is 13.0. The van der Waals surface area contributed by atoms with Gasteiger partial charge in [-0.05, 0) is 60.0 Å². The maximum atomic E-state index is 12.3. The maximum absolute atomic E-state index is 12.3. The number of esters is 1. The Kier molecular flexibility index (Phi) is 4.28. The number of hydrogen-bond donors (Lipinski definition) is 0. The number of carbonyl (C=O) groups excluding carboxylic acids is 1. The summed E-state index contributed by atoms with van der Waals surface area (Å²) in [6.45, 7) is 4.06. The second kappa shape index (κ2) is 6.76. The molecule has 134 valence electrons. The molecule has 27 heavy (non-hydrogen) atoms. The van der Waals surface area contributed by atoms with E-state index in [1.807, 2.05) is 43.3 Å². The normalized spacial score (nSPS) is 15.1. The van der Waals surface area contributed by atoms with Crippen LogP contribution in [0.1, 0.15) is 22.3 Å². The smallest absolute Gasteiger partial charge is 0.343 e. The molecule has 0 saturated carbocycles. The van der Waals surface area contributed by atoms with E-state index >= 15 is 0 Å². The van der Waals surface area contributed by atoms with Crippen molar-refractivity contribution in [2.45, 2.75) is 13.8 Å². The van der Waals surface area contributed by atoms with Crippen molar-refractivity contribution in [1.82, 2.24) is 0 Å². The van der Waals surface area contributed by atoms with Gasteiger partial charge >= 0.3 is 5.97 Å². The fourth-order valence-electron chi connectivity index (χ4n) is 3.26. The highest BCUT2D eigenvalue weighted by molar-refractivity contribution is 6.05. The van der Waals surface area contributed by atoms with E-state index in [1.54, 1.807) is 13.2 Å². The number of ether oxygens (including phenoxy) is 2. The molecule has 0 fully saturated rings. The maximum Gasteiger partial charge on any atom is 0.343 e. The van der Waals surface area contributed by atoms with Crippen LogP contribution in [0.4, 0.5) is 0 Å². The van der Waals surface area contributed by atoms with Crippen LogP contribution in [0.25, 0.3) is 22.6 Å². The first-order valence-corrected chi connectivity index (χ1v) is 8.84. The number of rotatable bonds is 3. The van der Waals surface area contributed by atoms with Crippen LogP contribution in [0.2, 0.25) is 0 Å². The molecule has 0 N–H and O–H groups in total. The monoisotopic (exact) mass is 356 g/mol. The van der Waals surface area contributed by atoms with Gasteiger partial charge in [-0.1, -0.05) is 48.0 Å². The molecule has 3 aromatic rings. The molecule has 4 rings (SSSR count). The lowest BCUT2D eigenvalue weighted by molar-refractivity contribution is -0.130. The van der Waals surface area contributed by atoms with Crippen molar-refractivity contribution in [2.24, 2.45) is 0 Å². The van der Waals surface area contributed by atoms with E-state index in [2.05, 4.69) is 31.2 Å². The Bertz CT molecular complexity index is 1120. The predicted octanol–water partition coefficient (Wildman–Crippen LogP) is 5.45. The average Bonchev–Trinajstić information content (AvgIpc) is 3.03. The van der Waals surface area contributed by atoms with Gasteiger partial charge in [0, 0.05) is 5.56 Å². The van der Waals surface area contributed by atoms with Crippen LogP contribution in [0, 0.1) is 13.8 Å². The minimum atomic E-state index is -0.339. The largest absolute Gasteiger partial charge is 0.496 e. The van der Waals surface area contributed by atoms with Crippen molar-refractivity contribution in [3.05, 3.63) is 88.5 Å². The lowest BCUT2D eigenvalue weighted by Crippen LogP contribution is -1.97. The van der Waals surface area contributed by atoms with E-state index < -0.39 is 0 Å². The fraction of sp³-hybridized carbons (Fsp3) is 0.125. The second-order valence-corrected chi connectivity index (χ2v) is 6.79. The van der Waals surface area contributed by atoms with Crippen LogP contribution in [0.5, 0.6) is 5.75 Å². The summed E-state index contributed by atoms with van der Waals surface area (Å²) < 4.78 is 10.9. The lowest BCUT2D eigenvalue weighted by atomic mass is 10.0. The molecule has 0 aromatic heterocycles. The van der Waals surface area contributed by atoms with Crippen molar-refractivity contribution < 1.29 is 14.3 Å². The molecule has 1 aliphatic heterocycles. The van der Waals surface area contributed by atoms with Crippen LogP contribution < -0.4 is 4.74 Å². The van der Waals surface area contributed by atoms with Gasteiger partial charge in [-0.25, -0.2) is 4.79 Å². The molecule has 0 spiro atoms. The Labute approximate surface area is 158 Å². The van der Waals surface area contributed by atoms with E-state index in [4.69, 9.17) is 9.47 Å². The first kappa shape index (κ1) is 17.1. The molecule has 0 radical (unpaired) electrons. The summed E-state index contributed by atoms with van der Waals surface area (Å²) in [5.74, 6) is 1.03. The molecule has 0 bridgehead atoms. The minimum absolute atomic E-state index is 0.339. The molecule has 3 aromatic carbocycles. The lowest BCUT2D eigenvalue weighted by Gasteiger charge is -2.05. The summed E-state index contributed by atoms with van der Waals surface area (Å²) in [6.07, 6.45) is 3.62. The molecule has 0 saturated heterocycles. The van der Waals surface area contributed by atoms with Gasteiger partial charge in [-0.3, -0.25) is 0 Å². The second-order valence-electron chi connectivity index (χ2n) is 6.79. The Hall–Kier alpha value is -3.33. The molecule has 0 unspecified atom stereocenters. The molecule has 1 aliphatic rings. The number of cyclic esters (lactones) is 1. The highest BCUT2D eigenvalue weighted by Crippen LogP contribution is 2.30. The Morgan fingerprint density at radius 2 is 1.70 bits per heavy atom. The number of aryl methyl sites for hydroxylation is 2. The highest BCUT2D eigenvalue weighted by Gasteiger charge is 2.22. The summed E-state index contributed by atoms with van der Waals surface area (Å²) in [4.78, 5) is 12.3. The van der Waals surface area contributed by atoms with Crippen LogP contribution >= 0.6 is 0 Å². The number of methoxy groups -OCH3 is 1. The van der Waals surface area contributed by atoms with Crippen molar-refractivity contribution in [1.29, 1.82) is 0 Å². The summed E-state index contributed by atoms with van der Waals surface area (Å²) in [5.41, 5.74) is 4.59. The molecule has 0 aliphatic carbocycles.